The lowest BCUT2D eigenvalue weighted by Gasteiger charge is -2.15. The number of hydrogen-bond donors (Lipinski definition) is 2. The molecule has 0 aliphatic carbocycles. The number of imidazole rings is 1. The monoisotopic (exact) mass is 271 g/mol. The van der Waals surface area contributed by atoms with Crippen LogP contribution < -0.4 is 5.73 Å². The predicted octanol–water partition coefficient (Wildman–Crippen LogP) is 0.165. The predicted molar refractivity (Wildman–Crippen MR) is 60.2 cm³/mol. The molecule has 1 aliphatic heterocycles. The minimum Gasteiger partial charge on any atom is -0.394 e. The maximum absolute atomic E-state index is 13.9. The van der Waals surface area contributed by atoms with Crippen LogP contribution in [-0.2, 0) is 4.74 Å². The summed E-state index contributed by atoms with van der Waals surface area (Å²) in [5.41, 5.74) is 5.33. The van der Waals surface area contributed by atoms with Gasteiger partial charge < -0.3 is 15.6 Å². The van der Waals surface area contributed by atoms with Gasteiger partial charge in [-0.1, -0.05) is 0 Å². The molecule has 0 bridgehead atoms. The van der Waals surface area contributed by atoms with E-state index in [0.717, 1.165) is 0 Å². The summed E-state index contributed by atoms with van der Waals surface area (Å²) in [4.78, 5) is 11.0. The normalized spacial score (nSPS) is 27.2. The Labute approximate surface area is 106 Å². The Hall–Kier alpha value is -1.87. The summed E-state index contributed by atoms with van der Waals surface area (Å²) in [5, 5.41) is 8.98. The molecule has 0 spiro atoms. The smallest absolute Gasteiger partial charge is 0.245 e. The van der Waals surface area contributed by atoms with E-state index in [1.54, 1.807) is 0 Å². The Bertz CT molecular complexity index is 619. The van der Waals surface area contributed by atoms with Crippen molar-refractivity contribution in [2.45, 2.75) is 24.9 Å². The van der Waals surface area contributed by atoms with E-state index >= 15 is 0 Å². The van der Waals surface area contributed by atoms with E-state index in [0.29, 0.717) is 0 Å². The van der Waals surface area contributed by atoms with Crippen LogP contribution >= 0.6 is 0 Å². The second-order valence-corrected chi connectivity index (χ2v) is 4.28. The van der Waals surface area contributed by atoms with E-state index in [1.807, 2.05) is 0 Å². The van der Waals surface area contributed by atoms with Crippen molar-refractivity contribution in [2.75, 3.05) is 12.3 Å². The highest BCUT2D eigenvalue weighted by atomic mass is 19.1. The standard InChI is InChI=1S/C10H11F2N5O2/c11-5-1-4(2-18)19-9(5)17-3-14-6-7(12)15-10(13)16-8(6)17/h3-5,9,18H,1-2H2,(H2,13,15,16)/t4-,5-,9+/m0/s1. The molecule has 2 aromatic heterocycles. The number of nitrogens with zero attached hydrogens (tertiary/aromatic N) is 4. The quantitative estimate of drug-likeness (QED) is 0.755. The third-order valence-corrected chi connectivity index (χ3v) is 3.00. The lowest BCUT2D eigenvalue weighted by molar-refractivity contribution is -0.0351. The molecule has 1 fully saturated rings. The fraction of sp³-hybridized carbons (Fsp3) is 0.500. The third kappa shape index (κ3) is 1.90. The van der Waals surface area contributed by atoms with Gasteiger partial charge in [0.1, 0.15) is 6.17 Å². The van der Waals surface area contributed by atoms with Gasteiger partial charge in [-0.3, -0.25) is 4.57 Å². The van der Waals surface area contributed by atoms with Gasteiger partial charge >= 0.3 is 0 Å². The van der Waals surface area contributed by atoms with Crippen LogP contribution in [0.25, 0.3) is 11.2 Å². The van der Waals surface area contributed by atoms with Crippen LogP contribution in [0.5, 0.6) is 0 Å². The molecule has 1 aliphatic rings. The maximum Gasteiger partial charge on any atom is 0.245 e. The molecule has 2 aromatic rings. The van der Waals surface area contributed by atoms with Crippen LogP contribution in [0.2, 0.25) is 0 Å². The van der Waals surface area contributed by atoms with Crippen molar-refractivity contribution < 1.29 is 18.6 Å². The van der Waals surface area contributed by atoms with Gasteiger partial charge in [0.2, 0.25) is 11.9 Å². The summed E-state index contributed by atoms with van der Waals surface area (Å²) < 4.78 is 34.0. The summed E-state index contributed by atoms with van der Waals surface area (Å²) in [6.45, 7) is -0.283. The van der Waals surface area contributed by atoms with Crippen molar-refractivity contribution in [3.05, 3.63) is 12.3 Å². The van der Waals surface area contributed by atoms with Gasteiger partial charge in [0.15, 0.2) is 17.4 Å². The topological polar surface area (TPSA) is 99.1 Å². The first-order valence-corrected chi connectivity index (χ1v) is 5.66. The number of aliphatic hydroxyl groups excluding tert-OH is 1. The lowest BCUT2D eigenvalue weighted by Crippen LogP contribution is -2.17. The molecule has 3 atom stereocenters. The molecule has 9 heteroatoms. The first kappa shape index (κ1) is 12.2. The minimum atomic E-state index is -1.34. The highest BCUT2D eigenvalue weighted by molar-refractivity contribution is 5.71. The molecule has 0 unspecified atom stereocenters. The van der Waals surface area contributed by atoms with Gasteiger partial charge in [0.05, 0.1) is 19.0 Å². The minimum absolute atomic E-state index is 0.0594. The van der Waals surface area contributed by atoms with Crippen molar-refractivity contribution in [1.29, 1.82) is 0 Å². The fourth-order valence-electron chi connectivity index (χ4n) is 2.15. The number of nitrogen functional groups attached to an aromatic ring is 1. The zero-order valence-electron chi connectivity index (χ0n) is 9.70. The van der Waals surface area contributed by atoms with Crippen molar-refractivity contribution in [3.63, 3.8) is 0 Å². The van der Waals surface area contributed by atoms with Crippen LogP contribution in [0.4, 0.5) is 14.7 Å². The molecule has 0 aromatic carbocycles. The summed E-state index contributed by atoms with van der Waals surface area (Å²) >= 11 is 0. The SMILES string of the molecule is Nc1nc(F)c2ncn([C@@H]3O[C@H](CO)C[C@@H]3F)c2n1. The number of hydrogen-bond acceptors (Lipinski definition) is 6. The number of ether oxygens (including phenoxy) is 1. The number of anilines is 1. The highest BCUT2D eigenvalue weighted by Crippen LogP contribution is 2.33. The summed E-state index contributed by atoms with van der Waals surface area (Å²) in [5.74, 6) is -1.13. The molecule has 3 rings (SSSR count). The van der Waals surface area contributed by atoms with Gasteiger partial charge in [-0.25, -0.2) is 9.37 Å². The summed E-state index contributed by atoms with van der Waals surface area (Å²) in [6.07, 6.45) is -1.66. The average Bonchev–Trinajstić information content (AvgIpc) is 2.92. The molecule has 0 amide bonds. The number of rotatable bonds is 2. The Balaban J connectivity index is 2.06. The number of aliphatic hydroxyl groups is 1. The molecule has 102 valence electrons. The van der Waals surface area contributed by atoms with E-state index in [2.05, 4.69) is 15.0 Å². The first-order chi connectivity index (χ1) is 9.10. The van der Waals surface area contributed by atoms with Gasteiger partial charge in [0, 0.05) is 6.42 Å². The fourth-order valence-corrected chi connectivity index (χ4v) is 2.15. The number of aromatic nitrogens is 4. The van der Waals surface area contributed by atoms with E-state index in [-0.39, 0.29) is 30.1 Å². The van der Waals surface area contributed by atoms with Crippen molar-refractivity contribution in [1.82, 2.24) is 19.5 Å². The average molecular weight is 271 g/mol. The Morgan fingerprint density at radius 3 is 3.00 bits per heavy atom. The summed E-state index contributed by atoms with van der Waals surface area (Å²) in [6, 6.07) is 0. The van der Waals surface area contributed by atoms with Crippen LogP contribution in [0.3, 0.4) is 0 Å². The Kier molecular flexibility index (Phi) is 2.79. The van der Waals surface area contributed by atoms with Crippen LogP contribution in [0, 0.1) is 5.95 Å². The van der Waals surface area contributed by atoms with Gasteiger partial charge in [-0.05, 0) is 0 Å². The Morgan fingerprint density at radius 2 is 2.32 bits per heavy atom. The van der Waals surface area contributed by atoms with Crippen molar-refractivity contribution in [3.8, 4) is 0 Å². The molecular formula is C10H11F2N5O2. The van der Waals surface area contributed by atoms with E-state index in [4.69, 9.17) is 15.6 Å². The van der Waals surface area contributed by atoms with Crippen LogP contribution in [-0.4, -0.2) is 43.5 Å². The highest BCUT2D eigenvalue weighted by Gasteiger charge is 2.37. The number of halogens is 2. The van der Waals surface area contributed by atoms with Crippen LogP contribution in [0.15, 0.2) is 6.33 Å². The van der Waals surface area contributed by atoms with E-state index in [1.165, 1.54) is 10.9 Å². The Morgan fingerprint density at radius 1 is 1.53 bits per heavy atom. The number of fused-ring (bicyclic) bond motifs is 1. The molecular weight excluding hydrogens is 260 g/mol. The third-order valence-electron chi connectivity index (χ3n) is 3.00. The second-order valence-electron chi connectivity index (χ2n) is 4.28. The maximum atomic E-state index is 13.9. The second kappa shape index (κ2) is 4.35. The van der Waals surface area contributed by atoms with Gasteiger partial charge in [-0.15, -0.1) is 0 Å². The molecule has 3 N–H and O–H groups in total. The lowest BCUT2D eigenvalue weighted by atomic mass is 10.2. The largest absolute Gasteiger partial charge is 0.394 e. The van der Waals surface area contributed by atoms with E-state index < -0.39 is 24.5 Å². The molecule has 3 heterocycles. The zero-order valence-corrected chi connectivity index (χ0v) is 9.70. The molecule has 0 radical (unpaired) electrons. The van der Waals surface area contributed by atoms with Gasteiger partial charge in [0.25, 0.3) is 0 Å². The first-order valence-electron chi connectivity index (χ1n) is 5.66. The molecule has 0 saturated carbocycles. The van der Waals surface area contributed by atoms with Crippen LogP contribution in [0.1, 0.15) is 12.6 Å². The molecule has 19 heavy (non-hydrogen) atoms. The summed E-state index contributed by atoms with van der Waals surface area (Å²) in [7, 11) is 0. The van der Waals surface area contributed by atoms with Gasteiger partial charge in [-0.2, -0.15) is 14.4 Å². The molecule has 7 nitrogen and oxygen atoms in total. The number of nitrogens with two attached hydrogens (primary N) is 1. The van der Waals surface area contributed by atoms with E-state index in [9.17, 15) is 8.78 Å². The van der Waals surface area contributed by atoms with Crippen molar-refractivity contribution in [2.24, 2.45) is 0 Å². The van der Waals surface area contributed by atoms with Crippen molar-refractivity contribution >= 4 is 17.1 Å². The molecule has 1 saturated heterocycles. The number of alkyl halides is 1. The zero-order chi connectivity index (χ0) is 13.6.